The second-order valence-electron chi connectivity index (χ2n) is 1.78. The summed E-state index contributed by atoms with van der Waals surface area (Å²) in [7, 11) is 1.31. The van der Waals surface area contributed by atoms with Gasteiger partial charge < -0.3 is 0 Å². The van der Waals surface area contributed by atoms with Gasteiger partial charge in [0.05, 0.1) is 6.46 Å². The molecular formula is C6H4OS4. The van der Waals surface area contributed by atoms with Gasteiger partial charge in [-0.2, -0.15) is 0 Å². The lowest BCUT2D eigenvalue weighted by Gasteiger charge is -2.00. The Morgan fingerprint density at radius 3 is 2.36 bits per heavy atom. The summed E-state index contributed by atoms with van der Waals surface area (Å²) in [6.07, 6.45) is 9.96. The van der Waals surface area contributed by atoms with E-state index in [1.165, 1.54) is 10.8 Å². The van der Waals surface area contributed by atoms with Gasteiger partial charge in [-0.1, -0.05) is 11.8 Å². The molecule has 1 rings (SSSR count). The van der Waals surface area contributed by atoms with Crippen LogP contribution in [0, 0.1) is 24.7 Å². The highest BCUT2D eigenvalue weighted by Gasteiger charge is 2.32. The zero-order chi connectivity index (χ0) is 8.48. The lowest BCUT2D eigenvalue weighted by Crippen LogP contribution is -2.14. The third kappa shape index (κ3) is 2.08. The van der Waals surface area contributed by atoms with Gasteiger partial charge >= 0.3 is 0 Å². The van der Waals surface area contributed by atoms with Crippen LogP contribution in [0.15, 0.2) is 0 Å². The first kappa shape index (κ1) is 9.31. The molecule has 0 amide bonds. The molecule has 0 spiro atoms. The quantitative estimate of drug-likeness (QED) is 0.438. The summed E-state index contributed by atoms with van der Waals surface area (Å²) in [6, 6.07) is 0. The topological polar surface area (TPSA) is 9.23 Å². The Morgan fingerprint density at radius 2 is 2.00 bits per heavy atom. The van der Waals surface area contributed by atoms with E-state index < -0.39 is 12.6 Å². The van der Waals surface area contributed by atoms with Crippen molar-refractivity contribution < 1.29 is 4.18 Å². The van der Waals surface area contributed by atoms with E-state index in [1.54, 1.807) is 0 Å². The maximum atomic E-state index is 5.20. The monoisotopic (exact) mass is 220 g/mol. The van der Waals surface area contributed by atoms with Gasteiger partial charge in [0.2, 0.25) is 0 Å². The lowest BCUT2D eigenvalue weighted by molar-refractivity contribution is 0.328. The fourth-order valence-electron chi connectivity index (χ4n) is 0.608. The predicted molar refractivity (Wildman–Crippen MR) is 56.0 cm³/mol. The standard InChI is InChI=1S/C6H4OS4/c1-3-5-6(4-2)10-11(8,9)7-5/h1-2,5-6H. The van der Waals surface area contributed by atoms with Crippen LogP contribution in [0.3, 0.4) is 0 Å². The fourth-order valence-corrected chi connectivity index (χ4v) is 5.34. The Labute approximate surface area is 79.7 Å². The van der Waals surface area contributed by atoms with Crippen molar-refractivity contribution in [3.8, 4) is 24.7 Å². The van der Waals surface area contributed by atoms with Gasteiger partial charge in [0.25, 0.3) is 0 Å². The lowest BCUT2D eigenvalue weighted by atomic mass is 10.3. The number of hydrogen-bond donors (Lipinski definition) is 0. The number of hydrogen-bond acceptors (Lipinski definition) is 4. The van der Waals surface area contributed by atoms with E-state index in [4.69, 9.17) is 39.4 Å². The maximum Gasteiger partial charge on any atom is 0.157 e. The van der Waals surface area contributed by atoms with E-state index in [9.17, 15) is 0 Å². The summed E-state index contributed by atoms with van der Waals surface area (Å²) in [6.45, 7) is -1.87. The third-order valence-corrected chi connectivity index (χ3v) is 5.77. The molecule has 1 nitrogen and oxygen atoms in total. The minimum absolute atomic E-state index is 0.162. The van der Waals surface area contributed by atoms with Crippen molar-refractivity contribution in [3.05, 3.63) is 0 Å². The molecule has 0 aromatic heterocycles. The average Bonchev–Trinajstić information content (AvgIpc) is 2.25. The Morgan fingerprint density at radius 1 is 1.36 bits per heavy atom. The molecular weight excluding hydrogens is 216 g/mol. The van der Waals surface area contributed by atoms with Crippen molar-refractivity contribution in [2.24, 2.45) is 0 Å². The summed E-state index contributed by atoms with van der Waals surface area (Å²) in [5, 5.41) is -0.162. The highest BCUT2D eigenvalue weighted by molar-refractivity contribution is 8.96. The maximum absolute atomic E-state index is 5.20. The molecule has 1 fully saturated rings. The van der Waals surface area contributed by atoms with Crippen LogP contribution in [0.4, 0.5) is 0 Å². The van der Waals surface area contributed by atoms with Gasteiger partial charge in [-0.05, 0) is 33.2 Å². The van der Waals surface area contributed by atoms with Gasteiger partial charge in [0, 0.05) is 0 Å². The van der Waals surface area contributed by atoms with Crippen LogP contribution < -0.4 is 0 Å². The van der Waals surface area contributed by atoms with Crippen molar-refractivity contribution in [1.82, 2.24) is 0 Å². The van der Waals surface area contributed by atoms with Crippen LogP contribution in [-0.4, -0.2) is 11.4 Å². The molecule has 0 saturated carbocycles. The average molecular weight is 220 g/mol. The van der Waals surface area contributed by atoms with Crippen LogP contribution in [0.5, 0.6) is 0 Å². The molecule has 0 N–H and O–H groups in total. The van der Waals surface area contributed by atoms with Gasteiger partial charge in [-0.15, -0.1) is 12.8 Å². The van der Waals surface area contributed by atoms with Gasteiger partial charge in [-0.3, -0.25) is 4.18 Å². The molecule has 5 heteroatoms. The Kier molecular flexibility index (Phi) is 2.79. The fraction of sp³-hybridized carbons (Fsp3) is 0.333. The molecule has 0 aliphatic carbocycles. The number of terminal acetylenes is 2. The minimum atomic E-state index is -1.87. The van der Waals surface area contributed by atoms with Crippen molar-refractivity contribution in [2.75, 3.05) is 0 Å². The zero-order valence-electron chi connectivity index (χ0n) is 5.35. The van der Waals surface area contributed by atoms with E-state index in [1.807, 2.05) is 0 Å². The number of rotatable bonds is 0. The molecule has 2 unspecified atom stereocenters. The van der Waals surface area contributed by atoms with Crippen LogP contribution in [0.2, 0.25) is 0 Å². The van der Waals surface area contributed by atoms with Gasteiger partial charge in [0.1, 0.15) is 5.25 Å². The molecule has 11 heavy (non-hydrogen) atoms. The second kappa shape index (κ2) is 3.30. The Balaban J connectivity index is 2.91. The van der Waals surface area contributed by atoms with E-state index in [0.29, 0.717) is 0 Å². The second-order valence-corrected chi connectivity index (χ2v) is 10.2. The molecule has 1 aliphatic rings. The Hall–Kier alpha value is 0.220. The molecule has 1 saturated heterocycles. The highest BCUT2D eigenvalue weighted by Crippen LogP contribution is 2.34. The Bertz CT molecular complexity index is 301. The molecule has 2 atom stereocenters. The largest absolute Gasteiger partial charge is 0.283 e. The summed E-state index contributed by atoms with van der Waals surface area (Å²) in [5.41, 5.74) is 0. The molecule has 1 aliphatic heterocycles. The normalized spacial score (nSPS) is 34.0. The van der Waals surface area contributed by atoms with Gasteiger partial charge in [0.15, 0.2) is 6.10 Å². The SMILES string of the molecule is C#CC1OS(=S)(=S)SC1C#C. The van der Waals surface area contributed by atoms with Crippen molar-refractivity contribution in [1.29, 1.82) is 0 Å². The molecule has 0 aromatic rings. The van der Waals surface area contributed by atoms with E-state index >= 15 is 0 Å². The van der Waals surface area contributed by atoms with E-state index in [-0.39, 0.29) is 5.25 Å². The van der Waals surface area contributed by atoms with E-state index in [0.717, 1.165) is 0 Å². The van der Waals surface area contributed by atoms with E-state index in [2.05, 4.69) is 11.8 Å². The highest BCUT2D eigenvalue weighted by atomic mass is 33.5. The van der Waals surface area contributed by atoms with Crippen molar-refractivity contribution >= 4 is 39.6 Å². The first-order chi connectivity index (χ1) is 5.09. The van der Waals surface area contributed by atoms with Crippen LogP contribution in [-0.2, 0) is 33.0 Å². The zero-order valence-corrected chi connectivity index (χ0v) is 8.62. The first-order valence-electron chi connectivity index (χ1n) is 2.63. The summed E-state index contributed by atoms with van der Waals surface area (Å²) < 4.78 is 5.20. The molecule has 0 radical (unpaired) electrons. The summed E-state index contributed by atoms with van der Waals surface area (Å²) in [4.78, 5) is 0. The minimum Gasteiger partial charge on any atom is -0.283 e. The van der Waals surface area contributed by atoms with Crippen molar-refractivity contribution in [3.63, 3.8) is 0 Å². The third-order valence-electron chi connectivity index (χ3n) is 1.05. The smallest absolute Gasteiger partial charge is 0.157 e. The van der Waals surface area contributed by atoms with Crippen LogP contribution >= 0.6 is 10.8 Å². The van der Waals surface area contributed by atoms with Crippen LogP contribution in [0.25, 0.3) is 0 Å². The molecule has 58 valence electrons. The molecule has 0 bridgehead atoms. The summed E-state index contributed by atoms with van der Waals surface area (Å²) in [5.74, 6) is 4.93. The predicted octanol–water partition coefficient (Wildman–Crippen LogP) is 0.661. The van der Waals surface area contributed by atoms with Crippen LogP contribution in [0.1, 0.15) is 0 Å². The van der Waals surface area contributed by atoms with Crippen molar-refractivity contribution in [2.45, 2.75) is 11.4 Å². The summed E-state index contributed by atoms with van der Waals surface area (Å²) >= 11 is 9.89. The molecule has 0 aromatic carbocycles. The first-order valence-corrected chi connectivity index (χ1v) is 7.43. The molecule has 1 heterocycles. The van der Waals surface area contributed by atoms with Gasteiger partial charge in [-0.25, -0.2) is 0 Å².